The van der Waals surface area contributed by atoms with Crippen LogP contribution < -0.4 is 0 Å². The van der Waals surface area contributed by atoms with Crippen molar-refractivity contribution >= 4 is 5.78 Å². The predicted molar refractivity (Wildman–Crippen MR) is 46.4 cm³/mol. The van der Waals surface area contributed by atoms with E-state index in [2.05, 4.69) is 13.0 Å². The molecule has 1 nitrogen and oxygen atoms in total. The van der Waals surface area contributed by atoms with Gasteiger partial charge in [-0.15, -0.1) is 0 Å². The summed E-state index contributed by atoms with van der Waals surface area (Å²) in [4.78, 5) is 10.8. The number of carbonyl (C=O) groups is 1. The number of unbranched alkanes of at least 4 members (excludes halogenated alkanes) is 2. The first-order valence-electron chi connectivity index (χ1n) is 4.46. The summed E-state index contributed by atoms with van der Waals surface area (Å²) in [6.07, 6.45) is 7.06. The van der Waals surface area contributed by atoms with Gasteiger partial charge in [0, 0.05) is 0 Å². The van der Waals surface area contributed by atoms with Crippen molar-refractivity contribution in [2.75, 3.05) is 0 Å². The van der Waals surface area contributed by atoms with Crippen molar-refractivity contribution in [1.82, 2.24) is 0 Å². The highest BCUT2D eigenvalue weighted by Crippen LogP contribution is 2.33. The molecule has 0 bridgehead atoms. The smallest absolute Gasteiger partial charge is 0.140 e. The summed E-state index contributed by atoms with van der Waals surface area (Å²) in [5.41, 5.74) is 1.38. The maximum absolute atomic E-state index is 10.8. The number of rotatable bonds is 5. The molecule has 0 amide bonds. The molecule has 0 heterocycles. The minimum atomic E-state index is 0.242. The minimum Gasteiger partial charge on any atom is -0.299 e. The largest absolute Gasteiger partial charge is 0.299 e. The van der Waals surface area contributed by atoms with Gasteiger partial charge in [0.2, 0.25) is 0 Å². The second-order valence-electron chi connectivity index (χ2n) is 3.29. The maximum atomic E-state index is 10.8. The van der Waals surface area contributed by atoms with Crippen molar-refractivity contribution in [3.8, 4) is 0 Å². The van der Waals surface area contributed by atoms with Crippen LogP contribution in [-0.4, -0.2) is 5.78 Å². The summed E-state index contributed by atoms with van der Waals surface area (Å²) in [5.74, 6) is 0.559. The van der Waals surface area contributed by atoms with E-state index in [-0.39, 0.29) is 5.92 Å². The minimum absolute atomic E-state index is 0.242. The summed E-state index contributed by atoms with van der Waals surface area (Å²) in [5, 5.41) is 0. The zero-order chi connectivity index (χ0) is 8.27. The molecule has 1 heteroatoms. The molecule has 0 fully saturated rings. The second kappa shape index (κ2) is 3.70. The molecule has 1 aliphatic rings. The van der Waals surface area contributed by atoms with E-state index in [0.29, 0.717) is 5.78 Å². The lowest BCUT2D eigenvalue weighted by Crippen LogP contribution is -1.95. The Labute approximate surface area is 68.5 Å². The third kappa shape index (κ3) is 2.49. The molecule has 1 aliphatic carbocycles. The lowest BCUT2D eigenvalue weighted by Gasteiger charge is -1.95. The Morgan fingerprint density at radius 3 is 2.73 bits per heavy atom. The summed E-state index contributed by atoms with van der Waals surface area (Å²) in [6, 6.07) is 0. The first-order chi connectivity index (χ1) is 5.25. The van der Waals surface area contributed by atoms with Gasteiger partial charge < -0.3 is 0 Å². The van der Waals surface area contributed by atoms with E-state index in [9.17, 15) is 4.79 Å². The Morgan fingerprint density at radius 2 is 2.27 bits per heavy atom. The second-order valence-corrected chi connectivity index (χ2v) is 3.29. The molecule has 1 rings (SSSR count). The van der Waals surface area contributed by atoms with Crippen LogP contribution in [0.2, 0.25) is 0 Å². The molecular formula is C10H16O. The van der Waals surface area contributed by atoms with E-state index in [4.69, 9.17) is 0 Å². The zero-order valence-corrected chi connectivity index (χ0v) is 7.39. The average Bonchev–Trinajstić information content (AvgIpc) is 2.68. The molecular weight excluding hydrogens is 136 g/mol. The van der Waals surface area contributed by atoms with Gasteiger partial charge in [0.15, 0.2) is 0 Å². The van der Waals surface area contributed by atoms with E-state index in [1.807, 2.05) is 0 Å². The monoisotopic (exact) mass is 152 g/mol. The Morgan fingerprint density at radius 1 is 1.55 bits per heavy atom. The van der Waals surface area contributed by atoms with Crippen LogP contribution in [0, 0.1) is 5.92 Å². The van der Waals surface area contributed by atoms with E-state index >= 15 is 0 Å². The first kappa shape index (κ1) is 8.51. The number of carbonyl (C=O) groups excluding carboxylic acids is 1. The van der Waals surface area contributed by atoms with E-state index in [0.717, 1.165) is 6.42 Å². The number of allylic oxidation sites excluding steroid dienone is 2. The maximum Gasteiger partial charge on any atom is 0.140 e. The van der Waals surface area contributed by atoms with Gasteiger partial charge in [0.05, 0.1) is 5.92 Å². The van der Waals surface area contributed by atoms with Crippen LogP contribution >= 0.6 is 0 Å². The third-order valence-electron chi connectivity index (χ3n) is 2.18. The number of hydrogen-bond acceptors (Lipinski definition) is 1. The van der Waals surface area contributed by atoms with Crippen molar-refractivity contribution < 1.29 is 4.79 Å². The lowest BCUT2D eigenvalue weighted by molar-refractivity contribution is -0.117. The molecule has 0 aliphatic heterocycles. The van der Waals surface area contributed by atoms with Crippen molar-refractivity contribution in [2.45, 2.75) is 39.5 Å². The topological polar surface area (TPSA) is 17.1 Å². The van der Waals surface area contributed by atoms with Gasteiger partial charge in [-0.3, -0.25) is 4.79 Å². The number of Topliss-reactive ketones (excluding diaryl/α,β-unsaturated/α-hetero) is 1. The van der Waals surface area contributed by atoms with Gasteiger partial charge in [-0.05, 0) is 19.8 Å². The van der Waals surface area contributed by atoms with Gasteiger partial charge in [-0.1, -0.05) is 31.4 Å². The van der Waals surface area contributed by atoms with Gasteiger partial charge >= 0.3 is 0 Å². The highest BCUT2D eigenvalue weighted by Gasteiger charge is 2.27. The van der Waals surface area contributed by atoms with Crippen LogP contribution in [0.3, 0.4) is 0 Å². The fourth-order valence-corrected chi connectivity index (χ4v) is 1.36. The molecule has 0 saturated carbocycles. The van der Waals surface area contributed by atoms with Crippen LogP contribution in [0.4, 0.5) is 0 Å². The van der Waals surface area contributed by atoms with Gasteiger partial charge in [0.1, 0.15) is 5.78 Å². The summed E-state index contributed by atoms with van der Waals surface area (Å²) < 4.78 is 0. The summed E-state index contributed by atoms with van der Waals surface area (Å²) in [7, 11) is 0. The number of ketones is 1. The van der Waals surface area contributed by atoms with Crippen molar-refractivity contribution in [3.63, 3.8) is 0 Å². The predicted octanol–water partition coefficient (Wildman–Crippen LogP) is 2.71. The Hall–Kier alpha value is -0.590. The fraction of sp³-hybridized carbons (Fsp3) is 0.700. The summed E-state index contributed by atoms with van der Waals surface area (Å²) in [6.45, 7) is 3.87. The van der Waals surface area contributed by atoms with Crippen LogP contribution in [0.5, 0.6) is 0 Å². The normalized spacial score (nSPS) is 21.3. The standard InChI is InChI=1S/C10H16O/c1-3-4-5-6-9-7-10(9)8(2)11/h7,10H,3-6H2,1-2H3. The first-order valence-corrected chi connectivity index (χ1v) is 4.46. The molecule has 11 heavy (non-hydrogen) atoms. The molecule has 1 unspecified atom stereocenters. The highest BCUT2D eigenvalue weighted by atomic mass is 16.1. The average molecular weight is 152 g/mol. The SMILES string of the molecule is CCCCCC1=CC1C(C)=O. The van der Waals surface area contributed by atoms with E-state index in [1.54, 1.807) is 6.92 Å². The quantitative estimate of drug-likeness (QED) is 0.437. The Bertz CT molecular complexity index is 179. The molecule has 0 radical (unpaired) electrons. The molecule has 0 aromatic heterocycles. The molecule has 1 atom stereocenters. The molecule has 0 aromatic carbocycles. The van der Waals surface area contributed by atoms with Crippen LogP contribution in [-0.2, 0) is 4.79 Å². The Kier molecular flexibility index (Phi) is 2.86. The lowest BCUT2D eigenvalue weighted by atomic mass is 10.1. The molecule has 0 N–H and O–H groups in total. The molecule has 0 saturated heterocycles. The van der Waals surface area contributed by atoms with E-state index < -0.39 is 0 Å². The molecule has 0 aromatic rings. The molecule has 62 valence electrons. The highest BCUT2D eigenvalue weighted by molar-refractivity contribution is 5.87. The molecule has 0 spiro atoms. The van der Waals surface area contributed by atoms with Crippen LogP contribution in [0.25, 0.3) is 0 Å². The Balaban J connectivity index is 2.04. The van der Waals surface area contributed by atoms with Crippen molar-refractivity contribution in [1.29, 1.82) is 0 Å². The fourth-order valence-electron chi connectivity index (χ4n) is 1.36. The van der Waals surface area contributed by atoms with Crippen molar-refractivity contribution in [3.05, 3.63) is 11.6 Å². The van der Waals surface area contributed by atoms with Crippen LogP contribution in [0.15, 0.2) is 11.6 Å². The number of hydrogen-bond donors (Lipinski definition) is 0. The zero-order valence-electron chi connectivity index (χ0n) is 7.39. The summed E-state index contributed by atoms with van der Waals surface area (Å²) >= 11 is 0. The van der Waals surface area contributed by atoms with Crippen LogP contribution in [0.1, 0.15) is 39.5 Å². The van der Waals surface area contributed by atoms with Gasteiger partial charge in [-0.25, -0.2) is 0 Å². The third-order valence-corrected chi connectivity index (χ3v) is 2.18. The van der Waals surface area contributed by atoms with Gasteiger partial charge in [0.25, 0.3) is 0 Å². The van der Waals surface area contributed by atoms with Crippen molar-refractivity contribution in [2.24, 2.45) is 5.92 Å². The van der Waals surface area contributed by atoms with Gasteiger partial charge in [-0.2, -0.15) is 0 Å². The van der Waals surface area contributed by atoms with E-state index in [1.165, 1.54) is 24.8 Å².